The number of morpholine rings is 1. The van der Waals surface area contributed by atoms with Gasteiger partial charge in [0.15, 0.2) is 0 Å². The lowest BCUT2D eigenvalue weighted by Crippen LogP contribution is -2.59. The largest absolute Gasteiger partial charge is 0.378 e. The standard InChI is InChI=1S/C14H19FN2O/c15-14-4-2-1-3-10(14)7-17-12-5-11(16)6-13(17)9-18-8-12/h1-4,11-13H,5-9,16H2/t11?,12-,13+. The van der Waals surface area contributed by atoms with E-state index in [1.54, 1.807) is 6.07 Å². The molecule has 0 radical (unpaired) electrons. The fourth-order valence-electron chi connectivity index (χ4n) is 3.11. The molecule has 0 aromatic heterocycles. The summed E-state index contributed by atoms with van der Waals surface area (Å²) in [5, 5.41) is 0. The average Bonchev–Trinajstić information content (AvgIpc) is 2.33. The van der Waals surface area contributed by atoms with E-state index < -0.39 is 0 Å². The first-order valence-electron chi connectivity index (χ1n) is 6.56. The van der Waals surface area contributed by atoms with E-state index in [9.17, 15) is 4.39 Å². The molecule has 2 fully saturated rings. The molecule has 2 aliphatic heterocycles. The molecule has 0 saturated carbocycles. The number of ether oxygens (including phenoxy) is 1. The van der Waals surface area contributed by atoms with E-state index in [2.05, 4.69) is 4.90 Å². The van der Waals surface area contributed by atoms with Crippen LogP contribution in [0.5, 0.6) is 0 Å². The van der Waals surface area contributed by atoms with Crippen LogP contribution in [-0.2, 0) is 11.3 Å². The molecule has 2 N–H and O–H groups in total. The Kier molecular flexibility index (Phi) is 3.33. The van der Waals surface area contributed by atoms with Crippen LogP contribution in [0, 0.1) is 5.82 Å². The van der Waals surface area contributed by atoms with E-state index in [4.69, 9.17) is 10.5 Å². The summed E-state index contributed by atoms with van der Waals surface area (Å²) in [6.45, 7) is 2.11. The van der Waals surface area contributed by atoms with Crippen LogP contribution in [0.2, 0.25) is 0 Å². The van der Waals surface area contributed by atoms with Gasteiger partial charge in [0.2, 0.25) is 0 Å². The van der Waals surface area contributed by atoms with E-state index in [0.29, 0.717) is 18.6 Å². The van der Waals surface area contributed by atoms with Crippen molar-refractivity contribution in [2.45, 2.75) is 37.5 Å². The smallest absolute Gasteiger partial charge is 0.127 e. The van der Waals surface area contributed by atoms with Crippen LogP contribution in [0.1, 0.15) is 18.4 Å². The third kappa shape index (κ3) is 2.28. The molecule has 18 heavy (non-hydrogen) atoms. The number of fused-ring (bicyclic) bond motifs is 2. The molecule has 2 aliphatic rings. The number of nitrogens with two attached hydrogens (primary N) is 1. The fourth-order valence-corrected chi connectivity index (χ4v) is 3.11. The third-order valence-corrected chi connectivity index (χ3v) is 4.02. The maximum Gasteiger partial charge on any atom is 0.127 e. The zero-order valence-corrected chi connectivity index (χ0v) is 10.4. The van der Waals surface area contributed by atoms with Gasteiger partial charge in [0.25, 0.3) is 0 Å². The Morgan fingerprint density at radius 1 is 1.22 bits per heavy atom. The van der Waals surface area contributed by atoms with Crippen LogP contribution >= 0.6 is 0 Å². The van der Waals surface area contributed by atoms with E-state index in [1.165, 1.54) is 6.07 Å². The number of rotatable bonds is 2. The van der Waals surface area contributed by atoms with Crippen molar-refractivity contribution in [3.63, 3.8) is 0 Å². The SMILES string of the molecule is NC1C[C@H]2COC[C@@H](C1)N2Cc1ccccc1F. The van der Waals surface area contributed by atoms with Crippen molar-refractivity contribution in [3.8, 4) is 0 Å². The summed E-state index contributed by atoms with van der Waals surface area (Å²) >= 11 is 0. The molecule has 1 aromatic rings. The first-order chi connectivity index (χ1) is 8.74. The van der Waals surface area contributed by atoms with Gasteiger partial charge >= 0.3 is 0 Å². The van der Waals surface area contributed by atoms with Crippen molar-refractivity contribution in [3.05, 3.63) is 35.6 Å². The molecule has 1 unspecified atom stereocenters. The number of hydrogen-bond acceptors (Lipinski definition) is 3. The molecule has 4 heteroatoms. The van der Waals surface area contributed by atoms with Gasteiger partial charge in [0.05, 0.1) is 13.2 Å². The number of piperidine rings is 1. The van der Waals surface area contributed by atoms with Gasteiger partial charge in [0, 0.05) is 30.2 Å². The minimum absolute atomic E-state index is 0.119. The van der Waals surface area contributed by atoms with Crippen molar-refractivity contribution in [2.24, 2.45) is 5.73 Å². The summed E-state index contributed by atoms with van der Waals surface area (Å²) < 4.78 is 19.3. The van der Waals surface area contributed by atoms with Crippen molar-refractivity contribution in [1.82, 2.24) is 4.90 Å². The number of hydrogen-bond donors (Lipinski definition) is 1. The van der Waals surface area contributed by atoms with E-state index in [1.807, 2.05) is 12.1 Å². The second-order valence-corrected chi connectivity index (χ2v) is 5.34. The monoisotopic (exact) mass is 250 g/mol. The molecule has 98 valence electrons. The molecule has 2 heterocycles. The van der Waals surface area contributed by atoms with Crippen LogP contribution < -0.4 is 5.73 Å². The Hall–Kier alpha value is -0.970. The van der Waals surface area contributed by atoms with Crippen LogP contribution in [0.15, 0.2) is 24.3 Å². The van der Waals surface area contributed by atoms with Gasteiger partial charge in [-0.1, -0.05) is 18.2 Å². The fraction of sp³-hybridized carbons (Fsp3) is 0.571. The van der Waals surface area contributed by atoms with Crippen molar-refractivity contribution in [1.29, 1.82) is 0 Å². The summed E-state index contributed by atoms with van der Waals surface area (Å²) in [5.74, 6) is -0.119. The van der Waals surface area contributed by atoms with Crippen molar-refractivity contribution in [2.75, 3.05) is 13.2 Å². The Balaban J connectivity index is 1.78. The molecular weight excluding hydrogens is 231 g/mol. The molecule has 0 amide bonds. The number of nitrogens with zero attached hydrogens (tertiary/aromatic N) is 1. The maximum atomic E-state index is 13.7. The Morgan fingerprint density at radius 2 is 1.89 bits per heavy atom. The molecule has 3 atom stereocenters. The Labute approximate surface area is 107 Å². The summed E-state index contributed by atoms with van der Waals surface area (Å²) in [6, 6.07) is 7.95. The minimum Gasteiger partial charge on any atom is -0.378 e. The predicted molar refractivity (Wildman–Crippen MR) is 67.5 cm³/mol. The molecule has 3 rings (SSSR count). The molecule has 2 saturated heterocycles. The molecule has 3 nitrogen and oxygen atoms in total. The number of halogens is 1. The highest BCUT2D eigenvalue weighted by atomic mass is 19.1. The number of benzene rings is 1. The average molecular weight is 250 g/mol. The summed E-state index contributed by atoms with van der Waals surface area (Å²) in [5.41, 5.74) is 6.82. The minimum atomic E-state index is -0.119. The van der Waals surface area contributed by atoms with Gasteiger partial charge in [-0.15, -0.1) is 0 Å². The van der Waals surface area contributed by atoms with E-state index >= 15 is 0 Å². The normalized spacial score (nSPS) is 32.4. The predicted octanol–water partition coefficient (Wildman–Crippen LogP) is 1.52. The second-order valence-electron chi connectivity index (χ2n) is 5.34. The van der Waals surface area contributed by atoms with Gasteiger partial charge in [-0.05, 0) is 18.9 Å². The first-order valence-corrected chi connectivity index (χ1v) is 6.56. The lowest BCUT2D eigenvalue weighted by Gasteiger charge is -2.47. The van der Waals surface area contributed by atoms with Gasteiger partial charge in [0.1, 0.15) is 5.82 Å². The Bertz CT molecular complexity index is 412. The van der Waals surface area contributed by atoms with E-state index in [-0.39, 0.29) is 11.9 Å². The topological polar surface area (TPSA) is 38.5 Å². The third-order valence-electron chi connectivity index (χ3n) is 4.02. The van der Waals surface area contributed by atoms with Crippen molar-refractivity contribution >= 4 is 0 Å². The second kappa shape index (κ2) is 4.96. The lowest BCUT2D eigenvalue weighted by molar-refractivity contribution is -0.0822. The van der Waals surface area contributed by atoms with Gasteiger partial charge in [-0.3, -0.25) is 4.90 Å². The van der Waals surface area contributed by atoms with E-state index in [0.717, 1.165) is 31.6 Å². The summed E-state index contributed by atoms with van der Waals surface area (Å²) in [7, 11) is 0. The highest BCUT2D eigenvalue weighted by molar-refractivity contribution is 5.17. The molecule has 2 bridgehead atoms. The van der Waals surface area contributed by atoms with Gasteiger partial charge < -0.3 is 10.5 Å². The first kappa shape index (κ1) is 12.1. The molecule has 0 aliphatic carbocycles. The molecule has 1 aromatic carbocycles. The van der Waals surface area contributed by atoms with Crippen LogP contribution in [0.4, 0.5) is 4.39 Å². The zero-order chi connectivity index (χ0) is 12.5. The molecular formula is C14H19FN2O. The summed E-state index contributed by atoms with van der Waals surface area (Å²) in [6.07, 6.45) is 1.90. The quantitative estimate of drug-likeness (QED) is 0.865. The lowest BCUT2D eigenvalue weighted by atomic mass is 9.90. The van der Waals surface area contributed by atoms with Crippen LogP contribution in [-0.4, -0.2) is 36.2 Å². The van der Waals surface area contributed by atoms with Crippen molar-refractivity contribution < 1.29 is 9.13 Å². The van der Waals surface area contributed by atoms with Crippen LogP contribution in [0.25, 0.3) is 0 Å². The maximum absolute atomic E-state index is 13.7. The molecule has 0 spiro atoms. The van der Waals surface area contributed by atoms with Crippen LogP contribution in [0.3, 0.4) is 0 Å². The zero-order valence-electron chi connectivity index (χ0n) is 10.4. The highest BCUT2D eigenvalue weighted by Crippen LogP contribution is 2.28. The van der Waals surface area contributed by atoms with Gasteiger partial charge in [-0.2, -0.15) is 0 Å². The Morgan fingerprint density at radius 3 is 2.56 bits per heavy atom. The van der Waals surface area contributed by atoms with Gasteiger partial charge in [-0.25, -0.2) is 4.39 Å². The highest BCUT2D eigenvalue weighted by Gasteiger charge is 2.37. The summed E-state index contributed by atoms with van der Waals surface area (Å²) in [4.78, 5) is 2.37.